The van der Waals surface area contributed by atoms with Crippen LogP contribution in [0.4, 0.5) is 0 Å². The smallest absolute Gasteiger partial charge is 0.0125 e. The first-order chi connectivity index (χ1) is 12.6. The highest BCUT2D eigenvalue weighted by atomic mass is 14.7. The van der Waals surface area contributed by atoms with Crippen molar-refractivity contribution in [3.63, 3.8) is 0 Å². The van der Waals surface area contributed by atoms with Crippen LogP contribution in [0.5, 0.6) is 0 Å². The topological polar surface area (TPSA) is 0 Å². The molecule has 8 unspecified atom stereocenters. The monoisotopic (exact) mass is 348 g/mol. The van der Waals surface area contributed by atoms with Gasteiger partial charge < -0.3 is 0 Å². The number of hydrogen-bond acceptors (Lipinski definition) is 0. The van der Waals surface area contributed by atoms with E-state index >= 15 is 0 Å². The molecule has 0 amide bonds. The summed E-state index contributed by atoms with van der Waals surface area (Å²) in [5.74, 6) is 6.74. The van der Waals surface area contributed by atoms with Crippen molar-refractivity contribution in [2.24, 2.45) is 46.8 Å². The molecule has 0 aromatic rings. The molecule has 5 aliphatic rings. The van der Waals surface area contributed by atoms with Gasteiger partial charge in [0, 0.05) is 0 Å². The van der Waals surface area contributed by atoms with Gasteiger partial charge in [0.25, 0.3) is 0 Å². The molecule has 0 aromatic heterocycles. The Hall–Kier alpha value is -1.04. The van der Waals surface area contributed by atoms with Crippen molar-refractivity contribution >= 4 is 0 Å². The highest BCUT2D eigenvalue weighted by molar-refractivity contribution is 5.42. The van der Waals surface area contributed by atoms with E-state index in [1.54, 1.807) is 5.57 Å². The van der Waals surface area contributed by atoms with Gasteiger partial charge in [-0.2, -0.15) is 0 Å². The third-order valence-corrected chi connectivity index (χ3v) is 9.51. The van der Waals surface area contributed by atoms with E-state index in [0.29, 0.717) is 5.41 Å². The lowest BCUT2D eigenvalue weighted by molar-refractivity contribution is -0.0487. The molecule has 0 bridgehead atoms. The number of allylic oxidation sites excluding steroid dienone is 5. The summed E-state index contributed by atoms with van der Waals surface area (Å²) in [5.41, 5.74) is 5.05. The Morgan fingerprint density at radius 2 is 2.00 bits per heavy atom. The molecule has 5 aliphatic carbocycles. The number of hydrogen-bond donors (Lipinski definition) is 0. The Labute approximate surface area is 160 Å². The SMILES string of the molecule is C=CCCC1C2CC2C2C3CC(=C)C4=CC(=C)CCC4C3CCC12CC. The van der Waals surface area contributed by atoms with Crippen molar-refractivity contribution in [1.82, 2.24) is 0 Å². The molecule has 0 heteroatoms. The molecule has 0 aliphatic heterocycles. The van der Waals surface area contributed by atoms with E-state index in [-0.39, 0.29) is 0 Å². The molecule has 5 rings (SSSR count). The van der Waals surface area contributed by atoms with Gasteiger partial charge in [0.1, 0.15) is 0 Å². The molecule has 0 heterocycles. The van der Waals surface area contributed by atoms with Gasteiger partial charge in [0.2, 0.25) is 0 Å². The quantitative estimate of drug-likeness (QED) is 0.475. The summed E-state index contributed by atoms with van der Waals surface area (Å²) in [7, 11) is 0. The fourth-order valence-corrected chi connectivity index (χ4v) is 8.58. The lowest BCUT2D eigenvalue weighted by Gasteiger charge is -2.57. The Balaban J connectivity index is 1.49. The maximum absolute atomic E-state index is 4.57. The van der Waals surface area contributed by atoms with Gasteiger partial charge in [0.15, 0.2) is 0 Å². The predicted molar refractivity (Wildman–Crippen MR) is 111 cm³/mol. The lowest BCUT2D eigenvalue weighted by Crippen LogP contribution is -2.49. The third-order valence-electron chi connectivity index (χ3n) is 9.51. The first-order valence-electron chi connectivity index (χ1n) is 11.3. The largest absolute Gasteiger partial charge is 0.103 e. The van der Waals surface area contributed by atoms with Crippen molar-refractivity contribution in [1.29, 1.82) is 0 Å². The van der Waals surface area contributed by atoms with Crippen molar-refractivity contribution in [3.8, 4) is 0 Å². The van der Waals surface area contributed by atoms with Crippen LogP contribution in [0.2, 0.25) is 0 Å². The Kier molecular flexibility index (Phi) is 3.93. The third kappa shape index (κ3) is 2.20. The normalized spacial score (nSPS) is 48.8. The molecule has 0 aromatic carbocycles. The van der Waals surface area contributed by atoms with Gasteiger partial charge >= 0.3 is 0 Å². The fourth-order valence-electron chi connectivity index (χ4n) is 8.58. The Morgan fingerprint density at radius 1 is 1.15 bits per heavy atom. The summed E-state index contributed by atoms with van der Waals surface area (Å²) in [5, 5.41) is 0. The van der Waals surface area contributed by atoms with Crippen LogP contribution in [-0.4, -0.2) is 0 Å². The van der Waals surface area contributed by atoms with Crippen LogP contribution in [0.15, 0.2) is 48.6 Å². The summed E-state index contributed by atoms with van der Waals surface area (Å²) in [6.07, 6.45) is 17.0. The molecule has 0 saturated heterocycles. The Bertz CT molecular complexity index is 678. The van der Waals surface area contributed by atoms with E-state index in [0.717, 1.165) is 41.4 Å². The minimum atomic E-state index is 0.650. The highest BCUT2D eigenvalue weighted by Crippen LogP contribution is 2.76. The molecule has 4 fully saturated rings. The second kappa shape index (κ2) is 5.98. The molecule has 0 nitrogen and oxygen atoms in total. The van der Waals surface area contributed by atoms with E-state index in [1.807, 2.05) is 0 Å². The predicted octanol–water partition coefficient (Wildman–Crippen LogP) is 7.11. The average molecular weight is 349 g/mol. The Morgan fingerprint density at radius 3 is 2.77 bits per heavy atom. The molecule has 8 atom stereocenters. The van der Waals surface area contributed by atoms with Crippen LogP contribution < -0.4 is 0 Å². The van der Waals surface area contributed by atoms with Crippen LogP contribution >= 0.6 is 0 Å². The van der Waals surface area contributed by atoms with E-state index in [9.17, 15) is 0 Å². The lowest BCUT2D eigenvalue weighted by atomic mass is 9.48. The molecule has 140 valence electrons. The molecule has 0 spiro atoms. The molecule has 0 N–H and O–H groups in total. The minimum absolute atomic E-state index is 0.650. The van der Waals surface area contributed by atoms with Crippen molar-refractivity contribution in [2.45, 2.75) is 64.7 Å². The van der Waals surface area contributed by atoms with Crippen molar-refractivity contribution < 1.29 is 0 Å². The molecule has 4 saturated carbocycles. The average Bonchev–Trinajstić information content (AvgIpc) is 3.36. The van der Waals surface area contributed by atoms with Gasteiger partial charge in [-0.3, -0.25) is 0 Å². The number of fused-ring (bicyclic) bond motifs is 7. The zero-order valence-corrected chi connectivity index (χ0v) is 16.7. The molecule has 26 heavy (non-hydrogen) atoms. The second-order valence-corrected chi connectivity index (χ2v) is 10.2. The summed E-state index contributed by atoms with van der Waals surface area (Å²) in [4.78, 5) is 0. The standard InChI is InChI=1S/C26H36/c1-5-7-8-24-21-15-23(21)25-22-14-17(4)20-13-16(3)9-10-18(20)19(22)11-12-26(24,25)6-2/h5,13,18-19,21-25H,1,3-4,6-12,14-15H2,2H3. The van der Waals surface area contributed by atoms with Crippen molar-refractivity contribution in [2.75, 3.05) is 0 Å². The van der Waals surface area contributed by atoms with E-state index in [1.165, 1.54) is 68.9 Å². The van der Waals surface area contributed by atoms with Crippen LogP contribution in [-0.2, 0) is 0 Å². The summed E-state index contributed by atoms with van der Waals surface area (Å²) in [6.45, 7) is 15.3. The fraction of sp³-hybridized carbons (Fsp3) is 0.692. The van der Waals surface area contributed by atoms with Crippen LogP contribution in [0.1, 0.15) is 64.7 Å². The van der Waals surface area contributed by atoms with Gasteiger partial charge in [-0.1, -0.05) is 43.4 Å². The van der Waals surface area contributed by atoms with Gasteiger partial charge in [-0.25, -0.2) is 0 Å². The highest BCUT2D eigenvalue weighted by Gasteiger charge is 2.69. The molecular weight excluding hydrogens is 312 g/mol. The maximum Gasteiger partial charge on any atom is -0.0125 e. The van der Waals surface area contributed by atoms with Crippen molar-refractivity contribution in [3.05, 3.63) is 48.6 Å². The minimum Gasteiger partial charge on any atom is -0.103 e. The zero-order valence-electron chi connectivity index (χ0n) is 16.7. The first-order valence-corrected chi connectivity index (χ1v) is 11.3. The van der Waals surface area contributed by atoms with Gasteiger partial charge in [-0.05, 0) is 110 Å². The van der Waals surface area contributed by atoms with E-state index in [2.05, 4.69) is 38.8 Å². The van der Waals surface area contributed by atoms with Gasteiger partial charge in [0.05, 0.1) is 0 Å². The van der Waals surface area contributed by atoms with Crippen LogP contribution in [0.25, 0.3) is 0 Å². The second-order valence-electron chi connectivity index (χ2n) is 10.2. The number of rotatable bonds is 4. The van der Waals surface area contributed by atoms with E-state index in [4.69, 9.17) is 0 Å². The maximum atomic E-state index is 4.57. The summed E-state index contributed by atoms with van der Waals surface area (Å²) in [6, 6.07) is 0. The summed E-state index contributed by atoms with van der Waals surface area (Å²) >= 11 is 0. The molecule has 0 radical (unpaired) electrons. The van der Waals surface area contributed by atoms with Crippen LogP contribution in [0, 0.1) is 46.8 Å². The summed E-state index contributed by atoms with van der Waals surface area (Å²) < 4.78 is 0. The first kappa shape index (κ1) is 17.1. The molecular formula is C26H36. The van der Waals surface area contributed by atoms with Crippen LogP contribution in [0.3, 0.4) is 0 Å². The van der Waals surface area contributed by atoms with Gasteiger partial charge in [-0.15, -0.1) is 6.58 Å². The zero-order chi connectivity index (χ0) is 18.1. The van der Waals surface area contributed by atoms with E-state index < -0.39 is 0 Å².